The van der Waals surface area contributed by atoms with E-state index in [1.807, 2.05) is 0 Å². The summed E-state index contributed by atoms with van der Waals surface area (Å²) in [6.07, 6.45) is 1.89. The summed E-state index contributed by atoms with van der Waals surface area (Å²) < 4.78 is 36.7. The molecule has 1 aromatic rings. The summed E-state index contributed by atoms with van der Waals surface area (Å²) in [5, 5.41) is 5.48. The van der Waals surface area contributed by atoms with E-state index in [-0.39, 0.29) is 11.6 Å². The highest BCUT2D eigenvalue weighted by Crippen LogP contribution is 2.23. The third-order valence-electron chi connectivity index (χ3n) is 4.09. The molecule has 0 aliphatic carbocycles. The molecular weight excluding hydrogens is 306 g/mol. The van der Waals surface area contributed by atoms with Crippen LogP contribution in [0.25, 0.3) is 0 Å². The van der Waals surface area contributed by atoms with Crippen LogP contribution in [0, 0.1) is 11.6 Å². The fraction of sp³-hybridized carbons (Fsp3) is 0.562. The fourth-order valence-corrected chi connectivity index (χ4v) is 2.52. The van der Waals surface area contributed by atoms with E-state index < -0.39 is 11.6 Å². The molecule has 23 heavy (non-hydrogen) atoms. The molecule has 0 bridgehead atoms. The Morgan fingerprint density at radius 3 is 2.65 bits per heavy atom. The number of nitrogens with one attached hydrogen (secondary N) is 2. The molecule has 2 N–H and O–H groups in total. The van der Waals surface area contributed by atoms with Crippen LogP contribution in [-0.2, 0) is 15.9 Å². The molecule has 0 aromatic heterocycles. The van der Waals surface area contributed by atoms with Gasteiger partial charge in [-0.15, -0.1) is 0 Å². The van der Waals surface area contributed by atoms with Crippen molar-refractivity contribution in [2.45, 2.75) is 24.9 Å². The number of halogens is 2. The minimum atomic E-state index is -0.881. The number of ether oxygens (including phenoxy) is 2. The molecule has 0 saturated carbocycles. The van der Waals surface area contributed by atoms with Crippen LogP contribution in [0.5, 0.6) is 0 Å². The predicted molar refractivity (Wildman–Crippen MR) is 81.3 cm³/mol. The second-order valence-corrected chi connectivity index (χ2v) is 5.61. The van der Waals surface area contributed by atoms with Crippen LogP contribution in [0.1, 0.15) is 18.4 Å². The van der Waals surface area contributed by atoms with E-state index in [9.17, 15) is 13.6 Å². The van der Waals surface area contributed by atoms with E-state index in [1.165, 1.54) is 6.07 Å². The van der Waals surface area contributed by atoms with Crippen LogP contribution < -0.4 is 10.6 Å². The molecule has 1 fully saturated rings. The SMILES string of the molecule is COC1(CNC(=O)NCCc2ccc(F)c(F)c2)CCOCC1. The Morgan fingerprint density at radius 2 is 2.00 bits per heavy atom. The lowest BCUT2D eigenvalue weighted by Crippen LogP contribution is -2.50. The van der Waals surface area contributed by atoms with Crippen LogP contribution in [0.15, 0.2) is 18.2 Å². The standard InChI is InChI=1S/C16H22F2N2O3/c1-22-16(5-8-23-9-6-16)11-20-15(21)19-7-4-12-2-3-13(17)14(18)10-12/h2-3,10H,4-9,11H2,1H3,(H2,19,20,21). The number of urea groups is 1. The van der Waals surface area contributed by atoms with E-state index in [0.29, 0.717) is 38.3 Å². The van der Waals surface area contributed by atoms with Crippen molar-refractivity contribution in [3.8, 4) is 0 Å². The Hall–Kier alpha value is -1.73. The number of benzene rings is 1. The Balaban J connectivity index is 1.71. The monoisotopic (exact) mass is 328 g/mol. The van der Waals surface area contributed by atoms with Crippen LogP contribution in [0.4, 0.5) is 13.6 Å². The van der Waals surface area contributed by atoms with Crippen molar-refractivity contribution in [2.75, 3.05) is 33.4 Å². The quantitative estimate of drug-likeness (QED) is 0.840. The van der Waals surface area contributed by atoms with Gasteiger partial charge in [-0.25, -0.2) is 13.6 Å². The molecule has 128 valence electrons. The summed E-state index contributed by atoms with van der Waals surface area (Å²) in [5.41, 5.74) is 0.248. The van der Waals surface area contributed by atoms with Gasteiger partial charge in [-0.2, -0.15) is 0 Å². The number of hydrogen-bond acceptors (Lipinski definition) is 3. The molecular formula is C16H22F2N2O3. The first-order valence-electron chi connectivity index (χ1n) is 7.63. The van der Waals surface area contributed by atoms with Gasteiger partial charge in [0, 0.05) is 46.3 Å². The van der Waals surface area contributed by atoms with Crippen molar-refractivity contribution >= 4 is 6.03 Å². The second-order valence-electron chi connectivity index (χ2n) is 5.61. The zero-order valence-corrected chi connectivity index (χ0v) is 13.2. The first-order chi connectivity index (χ1) is 11.0. The maximum Gasteiger partial charge on any atom is 0.314 e. The summed E-state index contributed by atoms with van der Waals surface area (Å²) in [6, 6.07) is 3.41. The number of methoxy groups -OCH3 is 1. The Morgan fingerprint density at radius 1 is 1.26 bits per heavy atom. The molecule has 1 aromatic carbocycles. The second kappa shape index (κ2) is 8.21. The summed E-state index contributed by atoms with van der Waals surface area (Å²) in [7, 11) is 1.63. The highest BCUT2D eigenvalue weighted by atomic mass is 19.2. The maximum absolute atomic E-state index is 13.1. The molecule has 1 aliphatic rings. The Labute approximate surface area is 134 Å². The summed E-state index contributed by atoms with van der Waals surface area (Å²) in [6.45, 7) is 1.98. The van der Waals surface area contributed by atoms with Crippen LogP contribution in [-0.4, -0.2) is 45.0 Å². The molecule has 7 heteroatoms. The van der Waals surface area contributed by atoms with Crippen molar-refractivity contribution < 1.29 is 23.0 Å². The molecule has 5 nitrogen and oxygen atoms in total. The van der Waals surface area contributed by atoms with Gasteiger partial charge in [0.2, 0.25) is 0 Å². The van der Waals surface area contributed by atoms with Crippen LogP contribution in [0.3, 0.4) is 0 Å². The third-order valence-corrected chi connectivity index (χ3v) is 4.09. The van der Waals surface area contributed by atoms with Gasteiger partial charge in [0.1, 0.15) is 0 Å². The number of amides is 2. The molecule has 0 spiro atoms. The van der Waals surface area contributed by atoms with E-state index in [1.54, 1.807) is 7.11 Å². The lowest BCUT2D eigenvalue weighted by molar-refractivity contribution is -0.0861. The van der Waals surface area contributed by atoms with Gasteiger partial charge < -0.3 is 20.1 Å². The van der Waals surface area contributed by atoms with Gasteiger partial charge in [0.15, 0.2) is 11.6 Å². The largest absolute Gasteiger partial charge is 0.381 e. The van der Waals surface area contributed by atoms with E-state index in [4.69, 9.17) is 9.47 Å². The summed E-state index contributed by atoms with van der Waals surface area (Å²) >= 11 is 0. The minimum Gasteiger partial charge on any atom is -0.381 e. The molecule has 2 amide bonds. The Kier molecular flexibility index (Phi) is 6.29. The third kappa shape index (κ3) is 5.14. The van der Waals surface area contributed by atoms with Crippen molar-refractivity contribution in [1.82, 2.24) is 10.6 Å². The molecule has 1 saturated heterocycles. The lowest BCUT2D eigenvalue weighted by Gasteiger charge is -2.35. The number of rotatable bonds is 6. The van der Waals surface area contributed by atoms with Gasteiger partial charge in [0.25, 0.3) is 0 Å². The van der Waals surface area contributed by atoms with Crippen LogP contribution >= 0.6 is 0 Å². The lowest BCUT2D eigenvalue weighted by atomic mass is 9.94. The molecule has 1 heterocycles. The predicted octanol–water partition coefficient (Wildman–Crippen LogP) is 2.00. The van der Waals surface area contributed by atoms with Crippen molar-refractivity contribution in [3.05, 3.63) is 35.4 Å². The topological polar surface area (TPSA) is 59.6 Å². The van der Waals surface area contributed by atoms with Gasteiger partial charge in [-0.3, -0.25) is 0 Å². The molecule has 1 aliphatic heterocycles. The molecule has 0 unspecified atom stereocenters. The molecule has 0 atom stereocenters. The number of carbonyl (C=O) groups is 1. The normalized spacial score (nSPS) is 16.8. The van der Waals surface area contributed by atoms with Gasteiger partial charge >= 0.3 is 6.03 Å². The highest BCUT2D eigenvalue weighted by molar-refractivity contribution is 5.73. The molecule has 2 rings (SSSR count). The van der Waals surface area contributed by atoms with Crippen LogP contribution in [0.2, 0.25) is 0 Å². The minimum absolute atomic E-state index is 0.310. The van der Waals surface area contributed by atoms with Gasteiger partial charge in [-0.05, 0) is 24.1 Å². The molecule has 0 radical (unpaired) electrons. The van der Waals surface area contributed by atoms with Crippen molar-refractivity contribution in [1.29, 1.82) is 0 Å². The first kappa shape index (κ1) is 17.6. The first-order valence-corrected chi connectivity index (χ1v) is 7.63. The number of carbonyl (C=O) groups excluding carboxylic acids is 1. The van der Waals surface area contributed by atoms with Gasteiger partial charge in [0.05, 0.1) is 5.60 Å². The number of hydrogen-bond donors (Lipinski definition) is 2. The average molecular weight is 328 g/mol. The summed E-state index contributed by atoms with van der Waals surface area (Å²) in [4.78, 5) is 11.8. The van der Waals surface area contributed by atoms with Gasteiger partial charge in [-0.1, -0.05) is 6.07 Å². The fourth-order valence-electron chi connectivity index (χ4n) is 2.52. The van der Waals surface area contributed by atoms with Crippen molar-refractivity contribution in [2.24, 2.45) is 0 Å². The van der Waals surface area contributed by atoms with E-state index >= 15 is 0 Å². The summed E-state index contributed by atoms with van der Waals surface area (Å²) in [5.74, 6) is -1.76. The van der Waals surface area contributed by atoms with E-state index in [2.05, 4.69) is 10.6 Å². The highest BCUT2D eigenvalue weighted by Gasteiger charge is 2.32. The average Bonchev–Trinajstić information content (AvgIpc) is 2.57. The van der Waals surface area contributed by atoms with Crippen molar-refractivity contribution in [3.63, 3.8) is 0 Å². The zero-order chi connectivity index (χ0) is 16.7. The zero-order valence-electron chi connectivity index (χ0n) is 13.2. The smallest absolute Gasteiger partial charge is 0.314 e. The Bertz CT molecular complexity index is 534. The maximum atomic E-state index is 13.1. The van der Waals surface area contributed by atoms with E-state index in [0.717, 1.165) is 25.0 Å².